The predicted octanol–water partition coefficient (Wildman–Crippen LogP) is 4.67. The quantitative estimate of drug-likeness (QED) is 0.785. The van der Waals surface area contributed by atoms with Crippen LogP contribution in [0.25, 0.3) is 0 Å². The van der Waals surface area contributed by atoms with Gasteiger partial charge in [0, 0.05) is 5.02 Å². The van der Waals surface area contributed by atoms with E-state index in [4.69, 9.17) is 11.6 Å². The van der Waals surface area contributed by atoms with Gasteiger partial charge in [-0.15, -0.1) is 13.2 Å². The fourth-order valence-corrected chi connectivity index (χ4v) is 2.08. The van der Waals surface area contributed by atoms with Crippen molar-refractivity contribution in [1.82, 2.24) is 0 Å². The zero-order chi connectivity index (χ0) is 13.9. The highest BCUT2D eigenvalue weighted by molar-refractivity contribution is 6.30. The van der Waals surface area contributed by atoms with Gasteiger partial charge in [-0.1, -0.05) is 47.5 Å². The third-order valence-corrected chi connectivity index (χ3v) is 3.00. The molecule has 0 amide bonds. The molecule has 5 heteroatoms. The summed E-state index contributed by atoms with van der Waals surface area (Å²) in [6, 6.07) is 7.25. The first-order valence-electron chi connectivity index (χ1n) is 5.77. The minimum Gasteiger partial charge on any atom is -0.284 e. The van der Waals surface area contributed by atoms with Crippen molar-refractivity contribution in [2.75, 3.05) is 0 Å². The molecule has 1 aliphatic rings. The smallest absolute Gasteiger partial charge is 0.284 e. The molecule has 0 spiro atoms. The van der Waals surface area contributed by atoms with E-state index in [0.717, 1.165) is 11.1 Å². The number of hydrogen-bond acceptors (Lipinski definition) is 1. The van der Waals surface area contributed by atoms with E-state index in [1.165, 1.54) is 6.08 Å². The first kappa shape index (κ1) is 14.2. The van der Waals surface area contributed by atoms with Crippen LogP contribution in [0.5, 0.6) is 0 Å². The fraction of sp³-hybridized carbons (Fsp3) is 0.286. The van der Waals surface area contributed by atoms with E-state index in [1.54, 1.807) is 18.2 Å². The molecular formula is C14H12ClF3O. The van der Waals surface area contributed by atoms with E-state index in [-0.39, 0.29) is 6.42 Å². The molecule has 1 aromatic rings. The summed E-state index contributed by atoms with van der Waals surface area (Å²) in [4.78, 5) is 0. The zero-order valence-corrected chi connectivity index (χ0v) is 10.7. The van der Waals surface area contributed by atoms with Gasteiger partial charge in [-0.25, -0.2) is 0 Å². The Hall–Kier alpha value is -1.26. The second-order valence-electron chi connectivity index (χ2n) is 4.32. The summed E-state index contributed by atoms with van der Waals surface area (Å²) >= 11 is 5.78. The maximum Gasteiger partial charge on any atom is 0.523 e. The molecule has 0 N–H and O–H groups in total. The Morgan fingerprint density at radius 1 is 1.21 bits per heavy atom. The zero-order valence-electron chi connectivity index (χ0n) is 9.95. The Morgan fingerprint density at radius 2 is 1.89 bits per heavy atom. The SMILES string of the molecule is FC(F)(F)OC1C=CC=C(Cc2ccc(Cl)cc2)C1. The molecule has 1 nitrogen and oxygen atoms in total. The second kappa shape index (κ2) is 5.80. The van der Waals surface area contributed by atoms with Gasteiger partial charge in [0.2, 0.25) is 0 Å². The van der Waals surface area contributed by atoms with Crippen LogP contribution >= 0.6 is 11.6 Å². The average molecular weight is 289 g/mol. The highest BCUT2D eigenvalue weighted by Gasteiger charge is 2.33. The maximum atomic E-state index is 12.1. The van der Waals surface area contributed by atoms with Gasteiger partial charge in [0.05, 0.1) is 6.10 Å². The Bertz CT molecular complexity index is 488. The van der Waals surface area contributed by atoms with E-state index in [1.807, 2.05) is 18.2 Å². The summed E-state index contributed by atoms with van der Waals surface area (Å²) in [6.45, 7) is 0. The molecule has 1 unspecified atom stereocenters. The number of rotatable bonds is 3. The highest BCUT2D eigenvalue weighted by Crippen LogP contribution is 2.26. The molecule has 1 aliphatic carbocycles. The average Bonchev–Trinajstić information content (AvgIpc) is 2.30. The molecule has 1 atom stereocenters. The van der Waals surface area contributed by atoms with Crippen molar-refractivity contribution < 1.29 is 17.9 Å². The Balaban J connectivity index is 1.97. The molecule has 0 radical (unpaired) electrons. The van der Waals surface area contributed by atoms with Gasteiger partial charge in [0.15, 0.2) is 0 Å². The van der Waals surface area contributed by atoms with Gasteiger partial charge in [-0.3, -0.25) is 4.74 Å². The lowest BCUT2D eigenvalue weighted by molar-refractivity contribution is -0.336. The third-order valence-electron chi connectivity index (χ3n) is 2.75. The third kappa shape index (κ3) is 4.73. The van der Waals surface area contributed by atoms with Crippen LogP contribution in [0.15, 0.2) is 48.1 Å². The Morgan fingerprint density at radius 3 is 2.53 bits per heavy atom. The van der Waals surface area contributed by atoms with Crippen molar-refractivity contribution in [3.8, 4) is 0 Å². The lowest BCUT2D eigenvalue weighted by Crippen LogP contribution is -2.24. The number of ether oxygens (including phenoxy) is 1. The summed E-state index contributed by atoms with van der Waals surface area (Å²) in [6.07, 6.45) is 0.150. The van der Waals surface area contributed by atoms with Gasteiger partial charge in [-0.05, 0) is 30.5 Å². The van der Waals surface area contributed by atoms with E-state index >= 15 is 0 Å². The van der Waals surface area contributed by atoms with Gasteiger partial charge < -0.3 is 0 Å². The molecule has 0 aromatic heterocycles. The first-order valence-corrected chi connectivity index (χ1v) is 6.15. The first-order chi connectivity index (χ1) is 8.92. The summed E-state index contributed by atoms with van der Waals surface area (Å²) in [5.74, 6) is 0. The van der Waals surface area contributed by atoms with Crippen LogP contribution in [0.1, 0.15) is 12.0 Å². The van der Waals surface area contributed by atoms with Gasteiger partial charge in [0.1, 0.15) is 0 Å². The second-order valence-corrected chi connectivity index (χ2v) is 4.76. The van der Waals surface area contributed by atoms with Gasteiger partial charge in [0.25, 0.3) is 0 Å². The van der Waals surface area contributed by atoms with Crippen molar-refractivity contribution in [3.05, 3.63) is 58.7 Å². The number of benzene rings is 1. The van der Waals surface area contributed by atoms with Crippen LogP contribution in [-0.2, 0) is 11.2 Å². The van der Waals surface area contributed by atoms with Crippen LogP contribution in [0.3, 0.4) is 0 Å². The van der Waals surface area contributed by atoms with E-state index in [0.29, 0.717) is 11.4 Å². The minimum atomic E-state index is -4.60. The number of allylic oxidation sites excluding steroid dienone is 2. The normalized spacial score (nSPS) is 19.4. The largest absolute Gasteiger partial charge is 0.523 e. The fourth-order valence-electron chi connectivity index (χ4n) is 1.96. The highest BCUT2D eigenvalue weighted by atomic mass is 35.5. The standard InChI is InChI=1S/C14H12ClF3O/c15-12-6-4-10(5-7-12)8-11-2-1-3-13(9-11)19-14(16,17)18/h1-7,13H,8-9H2. The van der Waals surface area contributed by atoms with Gasteiger partial charge in [-0.2, -0.15) is 0 Å². The monoisotopic (exact) mass is 288 g/mol. The molecule has 0 saturated heterocycles. The van der Waals surface area contributed by atoms with E-state index in [9.17, 15) is 13.2 Å². The summed E-state index contributed by atoms with van der Waals surface area (Å²) in [5, 5.41) is 0.638. The maximum absolute atomic E-state index is 12.1. The number of alkyl halides is 3. The summed E-state index contributed by atoms with van der Waals surface area (Å²) in [7, 11) is 0. The minimum absolute atomic E-state index is 0.249. The Kier molecular flexibility index (Phi) is 4.32. The molecule has 0 fully saturated rings. The van der Waals surface area contributed by atoms with E-state index < -0.39 is 12.5 Å². The molecule has 0 bridgehead atoms. The van der Waals surface area contributed by atoms with Crippen molar-refractivity contribution in [3.63, 3.8) is 0 Å². The number of hydrogen-bond donors (Lipinski definition) is 0. The topological polar surface area (TPSA) is 9.23 Å². The van der Waals surface area contributed by atoms with Crippen LogP contribution in [0.2, 0.25) is 5.02 Å². The van der Waals surface area contributed by atoms with Gasteiger partial charge >= 0.3 is 6.36 Å². The van der Waals surface area contributed by atoms with E-state index in [2.05, 4.69) is 4.74 Å². The van der Waals surface area contributed by atoms with Crippen LogP contribution in [0.4, 0.5) is 13.2 Å². The molecule has 0 heterocycles. The molecule has 2 rings (SSSR count). The van der Waals surface area contributed by atoms with Crippen LogP contribution in [-0.4, -0.2) is 12.5 Å². The molecular weight excluding hydrogens is 277 g/mol. The predicted molar refractivity (Wildman–Crippen MR) is 67.9 cm³/mol. The van der Waals surface area contributed by atoms with Crippen molar-refractivity contribution in [1.29, 1.82) is 0 Å². The molecule has 19 heavy (non-hydrogen) atoms. The lowest BCUT2D eigenvalue weighted by Gasteiger charge is -2.20. The van der Waals surface area contributed by atoms with Crippen molar-refractivity contribution in [2.45, 2.75) is 25.3 Å². The lowest BCUT2D eigenvalue weighted by atomic mass is 9.96. The Labute approximate surface area is 114 Å². The van der Waals surface area contributed by atoms with Crippen molar-refractivity contribution >= 4 is 11.6 Å². The molecule has 0 aliphatic heterocycles. The van der Waals surface area contributed by atoms with Crippen LogP contribution in [0, 0.1) is 0 Å². The number of halogens is 4. The molecule has 0 saturated carbocycles. The summed E-state index contributed by atoms with van der Waals surface area (Å²) < 4.78 is 40.5. The molecule has 1 aromatic carbocycles. The summed E-state index contributed by atoms with van der Waals surface area (Å²) in [5.41, 5.74) is 1.91. The molecule has 102 valence electrons. The van der Waals surface area contributed by atoms with Crippen molar-refractivity contribution in [2.24, 2.45) is 0 Å². The van der Waals surface area contributed by atoms with Crippen LogP contribution < -0.4 is 0 Å².